The number of aromatic nitrogens is 4. The molecule has 2 heterocycles. The summed E-state index contributed by atoms with van der Waals surface area (Å²) in [6.45, 7) is 1.03. The Morgan fingerprint density at radius 1 is 1.34 bits per heavy atom. The summed E-state index contributed by atoms with van der Waals surface area (Å²) in [6, 6.07) is 7.35. The van der Waals surface area contributed by atoms with E-state index >= 15 is 0 Å². The molecule has 4 rings (SSSR count). The molecule has 0 aliphatic heterocycles. The average molecular weight is 480 g/mol. The molecule has 1 saturated carbocycles. The van der Waals surface area contributed by atoms with Gasteiger partial charge >= 0.3 is 0 Å². The second-order valence-corrected chi connectivity index (χ2v) is 9.23. The van der Waals surface area contributed by atoms with Crippen molar-refractivity contribution in [2.45, 2.75) is 26.0 Å². The summed E-state index contributed by atoms with van der Waals surface area (Å²) in [5.74, 6) is 0.248. The maximum atomic E-state index is 12.0. The molecular weight excluding hydrogens is 457 g/mol. The van der Waals surface area contributed by atoms with Crippen LogP contribution in [0.3, 0.4) is 0 Å². The maximum Gasteiger partial charge on any atom is 0.280 e. The number of fused-ring (bicyclic) bond motifs is 1. The van der Waals surface area contributed by atoms with Crippen molar-refractivity contribution >= 4 is 42.9 Å². The van der Waals surface area contributed by atoms with Crippen molar-refractivity contribution < 1.29 is 18.6 Å². The van der Waals surface area contributed by atoms with E-state index in [-0.39, 0.29) is 41.7 Å². The van der Waals surface area contributed by atoms with Gasteiger partial charge in [0.05, 0.1) is 19.5 Å². The maximum absolute atomic E-state index is 12.0. The van der Waals surface area contributed by atoms with Crippen LogP contribution in [0.1, 0.15) is 18.4 Å². The molecule has 170 valence electrons. The highest BCUT2D eigenvalue weighted by Crippen LogP contribution is 2.40. The molecule has 1 aliphatic rings. The molecular formula is C20H23ClN5O5P. The fraction of sp³-hybridized carbons (Fsp3) is 0.400. The number of anilines is 1. The number of carbonyl (C=O) groups excluding carboxylic acids is 1. The molecule has 12 heteroatoms. The van der Waals surface area contributed by atoms with Gasteiger partial charge in [-0.15, -0.1) is 0 Å². The third-order valence-electron chi connectivity index (χ3n) is 4.81. The minimum atomic E-state index is -1.44. The number of nitrogens with one attached hydrogen (secondary N) is 1. The van der Waals surface area contributed by atoms with Crippen LogP contribution in [-0.4, -0.2) is 44.9 Å². The van der Waals surface area contributed by atoms with Crippen LogP contribution in [0.4, 0.5) is 5.95 Å². The molecule has 0 radical (unpaired) electrons. The highest BCUT2D eigenvalue weighted by atomic mass is 35.5. The minimum absolute atomic E-state index is 0.0212. The first-order valence-electron chi connectivity index (χ1n) is 10.1. The van der Waals surface area contributed by atoms with Gasteiger partial charge in [-0.3, -0.25) is 14.6 Å². The van der Waals surface area contributed by atoms with E-state index in [4.69, 9.17) is 31.1 Å². The zero-order valence-electron chi connectivity index (χ0n) is 17.2. The lowest BCUT2D eigenvalue weighted by atomic mass is 10.2. The Labute approximate surface area is 190 Å². The Hall–Kier alpha value is -2.36. The molecule has 3 aromatic rings. The van der Waals surface area contributed by atoms with E-state index in [0.29, 0.717) is 30.4 Å². The van der Waals surface area contributed by atoms with Crippen molar-refractivity contribution in [1.82, 2.24) is 19.5 Å². The molecule has 1 fully saturated rings. The Kier molecular flexibility index (Phi) is 7.49. The molecule has 32 heavy (non-hydrogen) atoms. The van der Waals surface area contributed by atoms with Gasteiger partial charge in [-0.25, -0.2) is 4.98 Å². The number of nitrogens with zero attached hydrogens (tertiary/aromatic N) is 3. The van der Waals surface area contributed by atoms with E-state index in [1.165, 1.54) is 6.33 Å². The zero-order chi connectivity index (χ0) is 22.5. The second kappa shape index (κ2) is 10.5. The van der Waals surface area contributed by atoms with Crippen molar-refractivity contribution in [2.75, 3.05) is 25.3 Å². The number of rotatable bonds is 12. The number of hydrogen-bond donors (Lipinski definition) is 2. The van der Waals surface area contributed by atoms with Gasteiger partial charge in [0.2, 0.25) is 5.95 Å². The summed E-state index contributed by atoms with van der Waals surface area (Å²) < 4.78 is 19.1. The molecule has 1 atom stereocenters. The number of ketones is 1. The third kappa shape index (κ3) is 6.11. The summed E-state index contributed by atoms with van der Waals surface area (Å²) in [6.07, 6.45) is 3.57. The molecule has 1 aromatic carbocycles. The van der Waals surface area contributed by atoms with Crippen LogP contribution >= 0.6 is 20.0 Å². The third-order valence-corrected chi connectivity index (χ3v) is 6.28. The van der Waals surface area contributed by atoms with Crippen LogP contribution in [0.25, 0.3) is 11.2 Å². The number of nitrogen functional groups attached to an aromatic ring is 1. The number of halogens is 1. The smallest absolute Gasteiger partial charge is 0.280 e. The van der Waals surface area contributed by atoms with Gasteiger partial charge in [0.15, 0.2) is 25.3 Å². The van der Waals surface area contributed by atoms with Crippen LogP contribution in [0.5, 0.6) is 0 Å². The van der Waals surface area contributed by atoms with Gasteiger partial charge in [0.1, 0.15) is 13.0 Å². The van der Waals surface area contributed by atoms with Gasteiger partial charge in [-0.1, -0.05) is 23.7 Å². The highest BCUT2D eigenvalue weighted by Gasteiger charge is 2.30. The summed E-state index contributed by atoms with van der Waals surface area (Å²) in [5, 5.41) is 0.622. The molecule has 1 aliphatic carbocycles. The number of ether oxygens (including phenoxy) is 1. The number of Topliss-reactive ketones (excluding diaryl/α,β-unsaturated/α-hetero) is 1. The van der Waals surface area contributed by atoms with Gasteiger partial charge in [0, 0.05) is 17.5 Å². The van der Waals surface area contributed by atoms with E-state index in [1.54, 1.807) is 10.6 Å². The van der Waals surface area contributed by atoms with Crippen molar-refractivity contribution in [2.24, 2.45) is 5.92 Å². The normalized spacial score (nSPS) is 14.7. The van der Waals surface area contributed by atoms with Crippen molar-refractivity contribution in [3.05, 3.63) is 51.5 Å². The van der Waals surface area contributed by atoms with Gasteiger partial charge < -0.3 is 24.1 Å². The zero-order valence-corrected chi connectivity index (χ0v) is 18.8. The highest BCUT2D eigenvalue weighted by molar-refractivity contribution is 7.47. The van der Waals surface area contributed by atoms with Gasteiger partial charge in [-0.2, -0.15) is 4.98 Å². The van der Waals surface area contributed by atoms with Crippen LogP contribution in [0, 0.1) is 5.92 Å². The predicted octanol–water partition coefficient (Wildman–Crippen LogP) is 2.85. The second-order valence-electron chi connectivity index (χ2n) is 7.35. The van der Waals surface area contributed by atoms with E-state index < -0.39 is 8.38 Å². The van der Waals surface area contributed by atoms with Crippen molar-refractivity contribution in [3.63, 3.8) is 0 Å². The summed E-state index contributed by atoms with van der Waals surface area (Å²) in [7, 11) is -1.44. The summed E-state index contributed by atoms with van der Waals surface area (Å²) in [5.41, 5.74) is 6.74. The number of hydrogen-bond acceptors (Lipinski definition) is 8. The number of carbonyl (C=O) groups is 1. The molecule has 0 saturated heterocycles. The quantitative estimate of drug-likeness (QED) is 0.299. The monoisotopic (exact) mass is 479 g/mol. The van der Waals surface area contributed by atoms with Crippen molar-refractivity contribution in [1.29, 1.82) is 0 Å². The topological polar surface area (TPSA) is 134 Å². The fourth-order valence-electron chi connectivity index (χ4n) is 2.98. The van der Waals surface area contributed by atoms with E-state index in [2.05, 4.69) is 15.0 Å². The molecule has 0 spiro atoms. The molecule has 3 N–H and O–H groups in total. The predicted molar refractivity (Wildman–Crippen MR) is 120 cm³/mol. The minimum Gasteiger partial charge on any atom is -0.370 e. The first-order valence-corrected chi connectivity index (χ1v) is 11.8. The Morgan fingerprint density at radius 3 is 2.97 bits per heavy atom. The number of benzene rings is 1. The van der Waals surface area contributed by atoms with Crippen LogP contribution < -0.4 is 11.3 Å². The molecule has 2 aromatic heterocycles. The summed E-state index contributed by atoms with van der Waals surface area (Å²) in [4.78, 5) is 34.5. The number of imidazole rings is 1. The molecule has 0 bridgehead atoms. The van der Waals surface area contributed by atoms with Crippen LogP contribution in [0.15, 0.2) is 35.4 Å². The van der Waals surface area contributed by atoms with Crippen LogP contribution in [-0.2, 0) is 31.7 Å². The molecule has 0 amide bonds. The lowest BCUT2D eigenvalue weighted by Gasteiger charge is -2.17. The first kappa shape index (κ1) is 22.8. The lowest BCUT2D eigenvalue weighted by Crippen LogP contribution is -2.13. The SMILES string of the molecule is Nc1nc2c(ncn2CCOCP(OCC(=O)C2CC2)OCc2cccc(Cl)c2)c(=O)[nH]1. The van der Waals surface area contributed by atoms with E-state index in [0.717, 1.165) is 18.4 Å². The fourth-order valence-corrected chi connectivity index (χ4v) is 4.26. The largest absolute Gasteiger partial charge is 0.370 e. The van der Waals surface area contributed by atoms with Crippen molar-refractivity contribution in [3.8, 4) is 0 Å². The number of H-pyrrole nitrogens is 1. The number of nitrogens with two attached hydrogens (primary N) is 1. The van der Waals surface area contributed by atoms with Gasteiger partial charge in [0.25, 0.3) is 5.56 Å². The molecule has 10 nitrogen and oxygen atoms in total. The summed E-state index contributed by atoms with van der Waals surface area (Å²) >= 11 is 6.02. The molecule has 1 unspecified atom stereocenters. The first-order chi connectivity index (χ1) is 15.5. The van der Waals surface area contributed by atoms with Crippen LogP contribution in [0.2, 0.25) is 5.02 Å². The Balaban J connectivity index is 1.30. The average Bonchev–Trinajstić information content (AvgIpc) is 3.54. The van der Waals surface area contributed by atoms with Gasteiger partial charge in [-0.05, 0) is 30.5 Å². The lowest BCUT2D eigenvalue weighted by molar-refractivity contribution is -0.122. The number of aromatic amines is 1. The van der Waals surface area contributed by atoms with E-state index in [1.807, 2.05) is 18.2 Å². The Bertz CT molecular complexity index is 1150. The Morgan fingerprint density at radius 2 is 2.19 bits per heavy atom. The van der Waals surface area contributed by atoms with E-state index in [9.17, 15) is 9.59 Å². The standard InChI is InChI=1S/C20H23ClN5O5P/c21-15-3-1-2-13(8-15)9-30-32(31-10-16(27)14-4-5-14)12-29-7-6-26-11-23-17-18(26)24-20(22)25-19(17)28/h1-3,8,11,14H,4-7,9-10,12H2,(H3,22,24,25,28).